The quantitative estimate of drug-likeness (QED) is 0.834. The summed E-state index contributed by atoms with van der Waals surface area (Å²) < 4.78 is 0. The van der Waals surface area contributed by atoms with E-state index in [0.717, 1.165) is 11.3 Å². The summed E-state index contributed by atoms with van der Waals surface area (Å²) in [5.41, 5.74) is 3.79. The monoisotopic (exact) mass is 331 g/mol. The van der Waals surface area contributed by atoms with E-state index in [-0.39, 0.29) is 17.4 Å². The Hall–Kier alpha value is -2.40. The van der Waals surface area contributed by atoms with Crippen LogP contribution < -0.4 is 10.6 Å². The molecule has 5 nitrogen and oxygen atoms in total. The number of anilines is 1. The second-order valence-corrected chi connectivity index (χ2v) is 5.65. The largest absolute Gasteiger partial charge is 0.387 e. The van der Waals surface area contributed by atoms with Crippen LogP contribution in [0, 0.1) is 0 Å². The van der Waals surface area contributed by atoms with Crippen molar-refractivity contribution in [3.8, 4) is 0 Å². The van der Waals surface area contributed by atoms with Crippen molar-refractivity contribution >= 4 is 40.4 Å². The fraction of sp³-hybridized carbons (Fsp3) is 0.235. The van der Waals surface area contributed by atoms with Crippen LogP contribution in [0.4, 0.5) is 11.4 Å². The lowest BCUT2D eigenvalue weighted by atomic mass is 9.94. The van der Waals surface area contributed by atoms with Crippen molar-refractivity contribution in [2.75, 3.05) is 12.4 Å². The molecule has 0 aromatic heterocycles. The Morgan fingerprint density at radius 3 is 2.52 bits per heavy atom. The number of ketones is 1. The van der Waals surface area contributed by atoms with Gasteiger partial charge in [-0.05, 0) is 43.7 Å². The lowest BCUT2D eigenvalue weighted by Gasteiger charge is -2.18. The third kappa shape index (κ3) is 3.68. The number of rotatable bonds is 3. The minimum absolute atomic E-state index is 0.224. The number of nitrogens with zero attached hydrogens (tertiary/aromatic N) is 1. The number of carbonyl (C=O) groups excluding carboxylic acids is 2. The van der Waals surface area contributed by atoms with Crippen molar-refractivity contribution in [3.63, 3.8) is 0 Å². The number of carbonyl (C=O) groups is 2. The first-order valence-corrected chi connectivity index (χ1v) is 7.49. The number of hydrogen-bond donors (Lipinski definition) is 2. The normalized spacial score (nSPS) is 16.5. The minimum Gasteiger partial charge on any atom is -0.387 e. The SMILES string of the molecule is CNc1ccc(N=C2C(C)=CC(=O)C(NC(C)=O)=C2C)cc1Cl. The number of nitrogens with one attached hydrogen (secondary N) is 2. The highest BCUT2D eigenvalue weighted by Crippen LogP contribution is 2.29. The molecule has 23 heavy (non-hydrogen) atoms. The van der Waals surface area contributed by atoms with Gasteiger partial charge in [0, 0.05) is 19.5 Å². The molecule has 0 aliphatic heterocycles. The van der Waals surface area contributed by atoms with Gasteiger partial charge in [-0.2, -0.15) is 0 Å². The summed E-state index contributed by atoms with van der Waals surface area (Å²) in [4.78, 5) is 27.9. The molecule has 1 aromatic rings. The maximum absolute atomic E-state index is 12.1. The molecule has 0 spiro atoms. The number of benzene rings is 1. The van der Waals surface area contributed by atoms with Crippen molar-refractivity contribution in [1.82, 2.24) is 5.32 Å². The van der Waals surface area contributed by atoms with Gasteiger partial charge in [0.1, 0.15) is 0 Å². The van der Waals surface area contributed by atoms with Crippen LogP contribution >= 0.6 is 11.6 Å². The molecule has 0 fully saturated rings. The van der Waals surface area contributed by atoms with Gasteiger partial charge >= 0.3 is 0 Å². The molecule has 1 aliphatic rings. The molecule has 120 valence electrons. The van der Waals surface area contributed by atoms with Gasteiger partial charge in [-0.3, -0.25) is 9.59 Å². The average molecular weight is 332 g/mol. The summed E-state index contributed by atoms with van der Waals surface area (Å²) in [6.45, 7) is 4.95. The molecule has 2 rings (SSSR count). The maximum Gasteiger partial charge on any atom is 0.221 e. The van der Waals surface area contributed by atoms with Gasteiger partial charge in [0.15, 0.2) is 0 Å². The Kier molecular flexibility index (Phi) is 5.01. The van der Waals surface area contributed by atoms with Gasteiger partial charge in [0.05, 0.1) is 27.8 Å². The summed E-state index contributed by atoms with van der Waals surface area (Å²) >= 11 is 6.17. The van der Waals surface area contributed by atoms with Gasteiger partial charge in [-0.1, -0.05) is 11.6 Å². The summed E-state index contributed by atoms with van der Waals surface area (Å²) in [7, 11) is 1.79. The van der Waals surface area contributed by atoms with E-state index in [1.54, 1.807) is 20.0 Å². The van der Waals surface area contributed by atoms with Crippen molar-refractivity contribution < 1.29 is 9.59 Å². The zero-order valence-corrected chi connectivity index (χ0v) is 14.2. The van der Waals surface area contributed by atoms with E-state index >= 15 is 0 Å². The van der Waals surface area contributed by atoms with Crippen LogP contribution in [0.1, 0.15) is 20.8 Å². The smallest absolute Gasteiger partial charge is 0.221 e. The van der Waals surface area contributed by atoms with E-state index in [9.17, 15) is 9.59 Å². The van der Waals surface area contributed by atoms with Crippen molar-refractivity contribution in [1.29, 1.82) is 0 Å². The van der Waals surface area contributed by atoms with E-state index in [4.69, 9.17) is 11.6 Å². The Bertz CT molecular complexity index is 776. The molecule has 1 amide bonds. The number of hydrogen-bond acceptors (Lipinski definition) is 4. The second kappa shape index (κ2) is 6.79. The van der Waals surface area contributed by atoms with Gasteiger partial charge < -0.3 is 10.6 Å². The molecule has 6 heteroatoms. The van der Waals surface area contributed by atoms with E-state index < -0.39 is 0 Å². The minimum atomic E-state index is -0.290. The molecule has 1 aromatic carbocycles. The first-order chi connectivity index (χ1) is 10.8. The average Bonchev–Trinajstić information content (AvgIpc) is 2.48. The van der Waals surface area contributed by atoms with Crippen molar-refractivity contribution in [2.45, 2.75) is 20.8 Å². The zero-order chi connectivity index (χ0) is 17.1. The molecule has 0 heterocycles. The summed E-state index contributed by atoms with van der Waals surface area (Å²) in [5, 5.41) is 6.12. The van der Waals surface area contributed by atoms with Crippen LogP contribution in [-0.2, 0) is 9.59 Å². The second-order valence-electron chi connectivity index (χ2n) is 5.25. The van der Waals surface area contributed by atoms with Gasteiger partial charge in [-0.15, -0.1) is 0 Å². The van der Waals surface area contributed by atoms with Crippen molar-refractivity contribution in [2.24, 2.45) is 4.99 Å². The molecule has 2 N–H and O–H groups in total. The molecule has 0 bridgehead atoms. The summed E-state index contributed by atoms with van der Waals surface area (Å²) in [6.07, 6.45) is 1.47. The third-order valence-corrected chi connectivity index (χ3v) is 3.77. The van der Waals surface area contributed by atoms with Crippen molar-refractivity contribution in [3.05, 3.63) is 46.1 Å². The highest BCUT2D eigenvalue weighted by molar-refractivity contribution is 6.33. The first kappa shape index (κ1) is 17.0. The van der Waals surface area contributed by atoms with E-state index in [0.29, 0.717) is 22.0 Å². The molecule has 1 aliphatic carbocycles. The molecular weight excluding hydrogens is 314 g/mol. The van der Waals surface area contributed by atoms with Gasteiger partial charge in [0.2, 0.25) is 11.7 Å². The van der Waals surface area contributed by atoms with Crippen LogP contribution in [-0.4, -0.2) is 24.4 Å². The Balaban J connectivity index is 2.49. The Morgan fingerprint density at radius 1 is 1.26 bits per heavy atom. The number of halogens is 1. The Labute approximate surface area is 140 Å². The van der Waals surface area contributed by atoms with Gasteiger partial charge in [0.25, 0.3) is 0 Å². The summed E-state index contributed by atoms with van der Waals surface area (Å²) in [6, 6.07) is 5.41. The number of allylic oxidation sites excluding steroid dienone is 3. The molecule has 0 saturated heterocycles. The predicted molar refractivity (Wildman–Crippen MR) is 93.4 cm³/mol. The predicted octanol–water partition coefficient (Wildman–Crippen LogP) is 3.39. The van der Waals surface area contributed by atoms with E-state index in [2.05, 4.69) is 15.6 Å². The van der Waals surface area contributed by atoms with Crippen LogP contribution in [0.25, 0.3) is 0 Å². The van der Waals surface area contributed by atoms with E-state index in [1.165, 1.54) is 13.0 Å². The highest BCUT2D eigenvalue weighted by atomic mass is 35.5. The van der Waals surface area contributed by atoms with Crippen LogP contribution in [0.15, 0.2) is 46.1 Å². The van der Waals surface area contributed by atoms with Gasteiger partial charge in [-0.25, -0.2) is 4.99 Å². The lowest BCUT2D eigenvalue weighted by Crippen LogP contribution is -2.30. The fourth-order valence-corrected chi connectivity index (χ4v) is 2.61. The molecule has 0 atom stereocenters. The van der Waals surface area contributed by atoms with Crippen LogP contribution in [0.3, 0.4) is 0 Å². The topological polar surface area (TPSA) is 70.6 Å². The van der Waals surface area contributed by atoms with Crippen LogP contribution in [0.2, 0.25) is 5.02 Å². The highest BCUT2D eigenvalue weighted by Gasteiger charge is 2.22. The molecule has 0 radical (unpaired) electrons. The first-order valence-electron chi connectivity index (χ1n) is 7.11. The van der Waals surface area contributed by atoms with E-state index in [1.807, 2.05) is 19.1 Å². The number of aliphatic imine (C=N–C) groups is 1. The third-order valence-electron chi connectivity index (χ3n) is 3.46. The Morgan fingerprint density at radius 2 is 1.96 bits per heavy atom. The summed E-state index contributed by atoms with van der Waals surface area (Å²) in [5.74, 6) is -0.515. The molecule has 0 saturated carbocycles. The lowest BCUT2D eigenvalue weighted by molar-refractivity contribution is -0.120. The standard InChI is InChI=1S/C17H18ClN3O2/c1-9-7-15(23)17(20-11(3)22)10(2)16(9)21-12-5-6-14(19-4)13(18)8-12/h5-8,19H,1-4H3,(H,20,22). The zero-order valence-electron chi connectivity index (χ0n) is 13.5. The number of amides is 1. The van der Waals surface area contributed by atoms with Crippen LogP contribution in [0.5, 0.6) is 0 Å². The molecule has 0 unspecified atom stereocenters. The fourth-order valence-electron chi connectivity index (χ4n) is 2.34. The molecular formula is C17H18ClN3O2. The maximum atomic E-state index is 12.1.